The quantitative estimate of drug-likeness (QED) is 0.881. The van der Waals surface area contributed by atoms with Crippen molar-refractivity contribution in [1.29, 1.82) is 0 Å². The van der Waals surface area contributed by atoms with Crippen molar-refractivity contribution >= 4 is 17.6 Å². The number of rotatable bonds is 3. The van der Waals surface area contributed by atoms with Gasteiger partial charge >= 0.3 is 6.03 Å². The molecular weight excluding hydrogens is 306 g/mol. The Morgan fingerprint density at radius 3 is 2.83 bits per heavy atom. The number of hydrogen-bond acceptors (Lipinski definition) is 3. The first-order valence-corrected chi connectivity index (χ1v) is 8.66. The predicted molar refractivity (Wildman–Crippen MR) is 89.9 cm³/mol. The summed E-state index contributed by atoms with van der Waals surface area (Å²) < 4.78 is 0. The first-order valence-electron chi connectivity index (χ1n) is 8.66. The van der Waals surface area contributed by atoms with Crippen molar-refractivity contribution in [1.82, 2.24) is 10.2 Å². The largest absolute Gasteiger partial charge is 0.387 e. The van der Waals surface area contributed by atoms with E-state index in [0.29, 0.717) is 37.7 Å². The maximum atomic E-state index is 12.9. The van der Waals surface area contributed by atoms with Gasteiger partial charge in [0.1, 0.15) is 0 Å². The van der Waals surface area contributed by atoms with Gasteiger partial charge in [-0.2, -0.15) is 0 Å². The highest BCUT2D eigenvalue weighted by Crippen LogP contribution is 2.47. The van der Waals surface area contributed by atoms with Crippen molar-refractivity contribution < 1.29 is 14.7 Å². The second-order valence-electron chi connectivity index (χ2n) is 7.29. The van der Waals surface area contributed by atoms with Crippen LogP contribution in [-0.2, 0) is 0 Å². The molecule has 2 N–H and O–H groups in total. The second-order valence-corrected chi connectivity index (χ2v) is 7.29. The molecule has 3 amide bonds. The Morgan fingerprint density at radius 2 is 2.17 bits per heavy atom. The van der Waals surface area contributed by atoms with Crippen molar-refractivity contribution in [2.45, 2.75) is 25.4 Å². The number of carbonyl (C=O) groups is 2. The zero-order valence-corrected chi connectivity index (χ0v) is 13.9. The average Bonchev–Trinajstić information content (AvgIpc) is 3.29. The molecule has 2 atom stereocenters. The van der Waals surface area contributed by atoms with Gasteiger partial charge in [-0.25, -0.2) is 4.79 Å². The number of hydrogen-bond donors (Lipinski definition) is 2. The molecule has 2 saturated heterocycles. The van der Waals surface area contributed by atoms with Crippen LogP contribution in [0.1, 0.15) is 30.1 Å². The van der Waals surface area contributed by atoms with E-state index in [9.17, 15) is 14.7 Å². The van der Waals surface area contributed by atoms with E-state index >= 15 is 0 Å². The maximum absolute atomic E-state index is 12.9. The van der Waals surface area contributed by atoms with Crippen LogP contribution in [0.25, 0.3) is 0 Å². The first kappa shape index (κ1) is 15.4. The monoisotopic (exact) mass is 329 g/mol. The van der Waals surface area contributed by atoms with Crippen molar-refractivity contribution in [3.05, 3.63) is 29.8 Å². The summed E-state index contributed by atoms with van der Waals surface area (Å²) >= 11 is 0. The van der Waals surface area contributed by atoms with Crippen LogP contribution in [-0.4, -0.2) is 53.7 Å². The summed E-state index contributed by atoms with van der Waals surface area (Å²) in [5.74, 6) is 0.367. The molecule has 24 heavy (non-hydrogen) atoms. The smallest absolute Gasteiger partial charge is 0.321 e. The molecule has 0 bridgehead atoms. The maximum Gasteiger partial charge on any atom is 0.321 e. The van der Waals surface area contributed by atoms with Gasteiger partial charge in [0.05, 0.1) is 12.1 Å². The van der Waals surface area contributed by atoms with Crippen LogP contribution in [0.5, 0.6) is 0 Å². The fourth-order valence-electron chi connectivity index (χ4n) is 3.99. The zero-order chi connectivity index (χ0) is 16.9. The van der Waals surface area contributed by atoms with Crippen molar-refractivity contribution in [2.24, 2.45) is 11.8 Å². The van der Waals surface area contributed by atoms with E-state index in [1.54, 1.807) is 28.0 Å². The molecule has 0 aromatic heterocycles. The number of nitrogens with zero attached hydrogens (tertiary/aromatic N) is 2. The molecule has 4 rings (SSSR count). The average molecular weight is 329 g/mol. The topological polar surface area (TPSA) is 72.9 Å². The molecule has 0 radical (unpaired) electrons. The van der Waals surface area contributed by atoms with Gasteiger partial charge in [0.2, 0.25) is 0 Å². The lowest BCUT2D eigenvalue weighted by atomic mass is 9.88. The molecule has 6 heteroatoms. The van der Waals surface area contributed by atoms with Crippen LogP contribution in [0.3, 0.4) is 0 Å². The number of anilines is 1. The highest BCUT2D eigenvalue weighted by Gasteiger charge is 2.53. The Hall–Kier alpha value is -2.08. The number of benzene rings is 1. The minimum absolute atomic E-state index is 0.0696. The van der Waals surface area contributed by atoms with Crippen LogP contribution < -0.4 is 10.2 Å². The minimum Gasteiger partial charge on any atom is -0.387 e. The molecule has 0 spiro atoms. The van der Waals surface area contributed by atoms with Crippen molar-refractivity contribution in [3.63, 3.8) is 0 Å². The van der Waals surface area contributed by atoms with E-state index in [2.05, 4.69) is 5.32 Å². The molecule has 2 aliphatic heterocycles. The minimum atomic E-state index is -0.734. The van der Waals surface area contributed by atoms with E-state index in [1.807, 2.05) is 13.0 Å². The molecule has 2 heterocycles. The van der Waals surface area contributed by atoms with Crippen molar-refractivity contribution in [3.8, 4) is 0 Å². The van der Waals surface area contributed by atoms with Crippen LogP contribution >= 0.6 is 0 Å². The van der Waals surface area contributed by atoms with Crippen LogP contribution in [0.2, 0.25) is 0 Å². The lowest BCUT2D eigenvalue weighted by molar-refractivity contribution is -0.00364. The van der Waals surface area contributed by atoms with Gasteiger partial charge in [-0.15, -0.1) is 0 Å². The molecule has 3 aliphatic rings. The highest BCUT2D eigenvalue weighted by molar-refractivity contribution is 5.98. The SMILES string of the molecule is C[C@@H]1CN(C(=O)c2cccc(N3CCNC3=O)c2)C[C@@]1(O)C1CC1. The molecular formula is C18H23N3O3. The lowest BCUT2D eigenvalue weighted by Gasteiger charge is -2.26. The molecule has 3 fully saturated rings. The standard InChI is InChI=1S/C18H23N3O3/c1-12-10-20(11-18(12,24)14-5-6-14)16(22)13-3-2-4-15(9-13)21-8-7-19-17(21)23/h2-4,9,12,14,24H,5-8,10-11H2,1H3,(H,19,23)/t12-,18+/m1/s1. The number of β-amino-alcohol motifs (C(OH)–C–C–N with tert-alkyl or cyclic N) is 1. The molecule has 1 saturated carbocycles. The number of urea groups is 1. The molecule has 0 unspecified atom stereocenters. The summed E-state index contributed by atoms with van der Waals surface area (Å²) in [5.41, 5.74) is 0.572. The Labute approximate surface area is 141 Å². The van der Waals surface area contributed by atoms with Gasteiger partial charge in [-0.05, 0) is 37.0 Å². The number of likely N-dealkylation sites (tertiary alicyclic amines) is 1. The van der Waals surface area contributed by atoms with E-state index in [-0.39, 0.29) is 17.9 Å². The van der Waals surface area contributed by atoms with Crippen LogP contribution in [0.15, 0.2) is 24.3 Å². The third-order valence-electron chi connectivity index (χ3n) is 5.62. The molecule has 1 aromatic carbocycles. The first-order chi connectivity index (χ1) is 11.5. The second kappa shape index (κ2) is 5.48. The normalized spacial score (nSPS) is 29.9. The van der Waals surface area contributed by atoms with E-state index < -0.39 is 5.60 Å². The number of nitrogens with one attached hydrogen (secondary N) is 1. The van der Waals surface area contributed by atoms with Crippen LogP contribution in [0, 0.1) is 11.8 Å². The number of carbonyl (C=O) groups excluding carboxylic acids is 2. The number of aliphatic hydroxyl groups is 1. The van der Waals surface area contributed by atoms with Gasteiger partial charge < -0.3 is 15.3 Å². The molecule has 1 aliphatic carbocycles. The lowest BCUT2D eigenvalue weighted by Crippen LogP contribution is -2.40. The van der Waals surface area contributed by atoms with Gasteiger partial charge in [0, 0.05) is 36.8 Å². The molecule has 1 aromatic rings. The summed E-state index contributed by atoms with van der Waals surface area (Å²) in [6.07, 6.45) is 2.12. The summed E-state index contributed by atoms with van der Waals surface area (Å²) in [4.78, 5) is 28.1. The fraction of sp³-hybridized carbons (Fsp3) is 0.556. The Kier molecular flexibility index (Phi) is 3.53. The molecule has 128 valence electrons. The summed E-state index contributed by atoms with van der Waals surface area (Å²) in [6.45, 7) is 4.25. The summed E-state index contributed by atoms with van der Waals surface area (Å²) in [5, 5.41) is 13.6. The third kappa shape index (κ3) is 2.45. The fourth-order valence-corrected chi connectivity index (χ4v) is 3.99. The van der Waals surface area contributed by atoms with Crippen LogP contribution in [0.4, 0.5) is 10.5 Å². The van der Waals surface area contributed by atoms with E-state index in [1.165, 1.54) is 0 Å². The Morgan fingerprint density at radius 1 is 1.38 bits per heavy atom. The van der Waals surface area contributed by atoms with E-state index in [4.69, 9.17) is 0 Å². The molecule has 6 nitrogen and oxygen atoms in total. The van der Waals surface area contributed by atoms with Gasteiger partial charge in [-0.3, -0.25) is 9.69 Å². The Balaban J connectivity index is 1.54. The number of amides is 3. The summed E-state index contributed by atoms with van der Waals surface area (Å²) in [6, 6.07) is 7.07. The highest BCUT2D eigenvalue weighted by atomic mass is 16.3. The Bertz CT molecular complexity index is 688. The predicted octanol–water partition coefficient (Wildman–Crippen LogP) is 1.45. The van der Waals surface area contributed by atoms with Gasteiger partial charge in [0.15, 0.2) is 0 Å². The summed E-state index contributed by atoms with van der Waals surface area (Å²) in [7, 11) is 0. The van der Waals surface area contributed by atoms with Gasteiger partial charge in [0.25, 0.3) is 5.91 Å². The van der Waals surface area contributed by atoms with E-state index in [0.717, 1.165) is 18.5 Å². The van der Waals surface area contributed by atoms with Gasteiger partial charge in [-0.1, -0.05) is 13.0 Å². The zero-order valence-electron chi connectivity index (χ0n) is 13.9. The van der Waals surface area contributed by atoms with Crippen molar-refractivity contribution in [2.75, 3.05) is 31.1 Å². The third-order valence-corrected chi connectivity index (χ3v) is 5.62.